The Morgan fingerprint density at radius 1 is 1.12 bits per heavy atom. The molecule has 2 unspecified atom stereocenters. The van der Waals surface area contributed by atoms with Crippen LogP contribution in [0.15, 0.2) is 52.0 Å². The average Bonchev–Trinajstić information content (AvgIpc) is 3.53. The largest absolute Gasteiger partial charge is 0.334 e. The third kappa shape index (κ3) is 4.36. The highest BCUT2D eigenvalue weighted by molar-refractivity contribution is 7.92. The normalized spacial score (nSPS) is 24.1. The van der Waals surface area contributed by atoms with Crippen LogP contribution in [-0.2, 0) is 14.6 Å². The molecule has 0 radical (unpaired) electrons. The van der Waals surface area contributed by atoms with E-state index in [0.717, 1.165) is 0 Å². The molecule has 2 fully saturated rings. The van der Waals surface area contributed by atoms with E-state index in [0.29, 0.717) is 23.8 Å². The van der Waals surface area contributed by atoms with Gasteiger partial charge in [0.1, 0.15) is 12.3 Å². The number of anilines is 1. The molecule has 1 amide bonds. The lowest BCUT2D eigenvalue weighted by molar-refractivity contribution is -0.118. The van der Waals surface area contributed by atoms with Gasteiger partial charge in [0.25, 0.3) is 5.71 Å². The summed E-state index contributed by atoms with van der Waals surface area (Å²) in [4.78, 5) is 17.5. The molecule has 1 aromatic carbocycles. The summed E-state index contributed by atoms with van der Waals surface area (Å²) in [7, 11) is -3.36. The van der Waals surface area contributed by atoms with Crippen LogP contribution in [0.1, 0.15) is 43.6 Å². The lowest BCUT2D eigenvalue weighted by Gasteiger charge is -2.20. The van der Waals surface area contributed by atoms with Gasteiger partial charge in [0, 0.05) is 6.20 Å². The van der Waals surface area contributed by atoms with Gasteiger partial charge in [-0.25, -0.2) is 22.2 Å². The lowest BCUT2D eigenvalue weighted by Crippen LogP contribution is -2.23. The number of aromatic nitrogens is 2. The van der Waals surface area contributed by atoms with Crippen LogP contribution >= 0.6 is 0 Å². The first-order valence-corrected chi connectivity index (χ1v) is 12.5. The fourth-order valence-electron chi connectivity index (χ4n) is 4.49. The van der Waals surface area contributed by atoms with Crippen LogP contribution in [0, 0.1) is 5.92 Å². The van der Waals surface area contributed by atoms with Crippen molar-refractivity contribution in [3.05, 3.63) is 48.2 Å². The molecular weight excluding hydrogens is 452 g/mol. The van der Waals surface area contributed by atoms with Gasteiger partial charge < -0.3 is 9.84 Å². The number of amides is 1. The van der Waals surface area contributed by atoms with E-state index in [1.165, 1.54) is 12.1 Å². The molecule has 2 saturated carbocycles. The van der Waals surface area contributed by atoms with Crippen LogP contribution in [0.4, 0.5) is 14.6 Å². The monoisotopic (exact) mass is 475 g/mol. The Kier molecular flexibility index (Phi) is 5.64. The second-order valence-electron chi connectivity index (χ2n) is 8.85. The van der Waals surface area contributed by atoms with Crippen molar-refractivity contribution in [3.8, 4) is 0 Å². The van der Waals surface area contributed by atoms with Crippen molar-refractivity contribution in [3.63, 3.8) is 0 Å². The minimum Gasteiger partial charge on any atom is -0.334 e. The topological polar surface area (TPSA) is 102 Å². The maximum Gasteiger partial charge on any atom is 0.259 e. The molecule has 0 aliphatic heterocycles. The van der Waals surface area contributed by atoms with E-state index in [2.05, 4.69) is 15.5 Å². The standard InChI is InChI=1S/C23H23F2N3O4S/c24-19-11-13(12-20(19)25)10-18(14-3-5-15(6-4-14)33(30,31)16-7-8-16)22(29)27-21-17-2-1-9-26-23(17)32-28-21/h1-6,9,13,16,18-20H,7-8,10-12H2,(H,27,28,29)/t13?,18-,19?,20?/m1/s1. The minimum absolute atomic E-state index is 0.0515. The predicted molar refractivity (Wildman–Crippen MR) is 117 cm³/mol. The molecule has 174 valence electrons. The SMILES string of the molecule is O=C(Nc1noc2ncccc12)[C@H](CC1CC(F)C(F)C1)c1ccc(S(=O)(=O)C2CC2)cc1. The number of benzene rings is 1. The van der Waals surface area contributed by atoms with Gasteiger partial charge >= 0.3 is 0 Å². The molecule has 10 heteroatoms. The summed E-state index contributed by atoms with van der Waals surface area (Å²) < 4.78 is 57.7. The van der Waals surface area contributed by atoms with Gasteiger partial charge in [-0.2, -0.15) is 0 Å². The highest BCUT2D eigenvalue weighted by Gasteiger charge is 2.39. The number of halogens is 2. The van der Waals surface area contributed by atoms with Crippen LogP contribution in [0.2, 0.25) is 0 Å². The molecule has 7 nitrogen and oxygen atoms in total. The van der Waals surface area contributed by atoms with E-state index in [1.807, 2.05) is 0 Å². The van der Waals surface area contributed by atoms with Crippen molar-refractivity contribution < 1.29 is 26.5 Å². The van der Waals surface area contributed by atoms with E-state index < -0.39 is 34.0 Å². The van der Waals surface area contributed by atoms with Crippen molar-refractivity contribution in [1.29, 1.82) is 0 Å². The Morgan fingerprint density at radius 3 is 2.48 bits per heavy atom. The minimum atomic E-state index is -3.36. The molecule has 33 heavy (non-hydrogen) atoms. The molecule has 1 N–H and O–H groups in total. The van der Waals surface area contributed by atoms with Gasteiger partial charge in [-0.05, 0) is 67.9 Å². The van der Waals surface area contributed by atoms with Crippen LogP contribution in [0.25, 0.3) is 11.1 Å². The third-order valence-corrected chi connectivity index (χ3v) is 8.74. The zero-order valence-corrected chi connectivity index (χ0v) is 18.5. The van der Waals surface area contributed by atoms with Crippen LogP contribution < -0.4 is 5.32 Å². The second kappa shape index (κ2) is 8.48. The maximum atomic E-state index is 13.8. The number of alkyl halides is 2. The van der Waals surface area contributed by atoms with Gasteiger partial charge in [-0.3, -0.25) is 4.79 Å². The molecule has 2 aliphatic rings. The van der Waals surface area contributed by atoms with Crippen molar-refractivity contribution in [2.24, 2.45) is 5.92 Å². The number of hydrogen-bond donors (Lipinski definition) is 1. The van der Waals surface area contributed by atoms with Crippen molar-refractivity contribution in [2.75, 3.05) is 5.32 Å². The van der Waals surface area contributed by atoms with E-state index in [4.69, 9.17) is 4.52 Å². The smallest absolute Gasteiger partial charge is 0.259 e. The van der Waals surface area contributed by atoms with Gasteiger partial charge in [0.05, 0.1) is 21.4 Å². The second-order valence-corrected chi connectivity index (χ2v) is 11.1. The molecule has 0 bridgehead atoms. The first-order chi connectivity index (χ1) is 15.8. The van der Waals surface area contributed by atoms with Gasteiger partial charge in [0.15, 0.2) is 15.7 Å². The maximum absolute atomic E-state index is 13.8. The number of carbonyl (C=O) groups excluding carboxylic acids is 1. The molecule has 2 heterocycles. The first-order valence-electron chi connectivity index (χ1n) is 11.0. The van der Waals surface area contributed by atoms with Gasteiger partial charge in [0.2, 0.25) is 5.91 Å². The number of rotatable bonds is 7. The van der Waals surface area contributed by atoms with Gasteiger partial charge in [-0.1, -0.05) is 17.3 Å². The Hall–Kier alpha value is -2.88. The quantitative estimate of drug-likeness (QED) is 0.545. The highest BCUT2D eigenvalue weighted by atomic mass is 32.2. The predicted octanol–water partition coefficient (Wildman–Crippen LogP) is 4.36. The molecule has 3 atom stereocenters. The summed E-state index contributed by atoms with van der Waals surface area (Å²) >= 11 is 0. The Balaban J connectivity index is 1.42. The van der Waals surface area contributed by atoms with Gasteiger partial charge in [-0.15, -0.1) is 0 Å². The highest BCUT2D eigenvalue weighted by Crippen LogP contribution is 2.39. The summed E-state index contributed by atoms with van der Waals surface area (Å²) in [5.41, 5.74) is 0.848. The summed E-state index contributed by atoms with van der Waals surface area (Å²) in [6, 6.07) is 9.62. The van der Waals surface area contributed by atoms with Crippen LogP contribution in [0.3, 0.4) is 0 Å². The molecular formula is C23H23F2N3O4S. The fourth-order valence-corrected chi connectivity index (χ4v) is 6.14. The summed E-state index contributed by atoms with van der Waals surface area (Å²) in [5, 5.41) is 6.81. The lowest BCUT2D eigenvalue weighted by atomic mass is 9.87. The van der Waals surface area contributed by atoms with Crippen LogP contribution in [-0.4, -0.2) is 42.1 Å². The van der Waals surface area contributed by atoms with E-state index in [9.17, 15) is 22.0 Å². The molecule has 2 aromatic heterocycles. The van der Waals surface area contributed by atoms with E-state index in [-0.39, 0.29) is 46.9 Å². The Morgan fingerprint density at radius 2 is 1.82 bits per heavy atom. The number of pyridine rings is 1. The number of nitrogens with zero attached hydrogens (tertiary/aromatic N) is 2. The Labute approximate surface area is 189 Å². The number of sulfone groups is 1. The zero-order chi connectivity index (χ0) is 23.2. The summed E-state index contributed by atoms with van der Waals surface area (Å²) in [5.74, 6) is -1.26. The average molecular weight is 476 g/mol. The third-order valence-electron chi connectivity index (χ3n) is 6.46. The van der Waals surface area contributed by atoms with Crippen LogP contribution in [0.5, 0.6) is 0 Å². The van der Waals surface area contributed by atoms with Crippen molar-refractivity contribution in [1.82, 2.24) is 10.1 Å². The summed E-state index contributed by atoms with van der Waals surface area (Å²) in [6.07, 6.45) is 0.130. The van der Waals surface area contributed by atoms with Crippen molar-refractivity contribution in [2.45, 2.75) is 60.5 Å². The number of hydrogen-bond acceptors (Lipinski definition) is 6. The van der Waals surface area contributed by atoms with Crippen molar-refractivity contribution >= 4 is 32.7 Å². The molecule has 5 rings (SSSR count). The molecule has 0 spiro atoms. The first kappa shape index (κ1) is 21.9. The molecule has 2 aliphatic carbocycles. The van der Waals surface area contributed by atoms with E-state index in [1.54, 1.807) is 30.5 Å². The number of carbonyl (C=O) groups is 1. The number of fused-ring (bicyclic) bond motifs is 1. The Bertz CT molecular complexity index is 1260. The number of nitrogens with one attached hydrogen (secondary N) is 1. The van der Waals surface area contributed by atoms with E-state index >= 15 is 0 Å². The zero-order valence-electron chi connectivity index (χ0n) is 17.7. The molecule has 3 aromatic rings. The summed E-state index contributed by atoms with van der Waals surface area (Å²) in [6.45, 7) is 0. The molecule has 0 saturated heterocycles. The fraction of sp³-hybridized carbons (Fsp3) is 0.435.